The van der Waals surface area contributed by atoms with Gasteiger partial charge in [0.15, 0.2) is 23.3 Å². The summed E-state index contributed by atoms with van der Waals surface area (Å²) >= 11 is 0. The Kier molecular flexibility index (Phi) is 3.68. The average molecular weight is 255 g/mol. The van der Waals surface area contributed by atoms with Gasteiger partial charge in [-0.1, -0.05) is 19.3 Å². The molecule has 0 aliphatic heterocycles. The first-order valence-corrected chi connectivity index (χ1v) is 6.36. The van der Waals surface area contributed by atoms with Gasteiger partial charge in [-0.05, 0) is 19.8 Å². The van der Waals surface area contributed by atoms with Gasteiger partial charge < -0.3 is 10.6 Å². The Morgan fingerprint density at radius 1 is 1.11 bits per heavy atom. The predicted octanol–water partition coefficient (Wildman–Crippen LogP) is 3.54. The lowest BCUT2D eigenvalue weighted by Crippen LogP contribution is -2.37. The van der Waals surface area contributed by atoms with Gasteiger partial charge in [0.1, 0.15) is 0 Å². The summed E-state index contributed by atoms with van der Waals surface area (Å²) in [5.41, 5.74) is -0.144. The lowest BCUT2D eigenvalue weighted by Gasteiger charge is -2.35. The second-order valence-corrected chi connectivity index (χ2v) is 5.15. The van der Waals surface area contributed by atoms with E-state index in [-0.39, 0.29) is 17.2 Å². The third-order valence-corrected chi connectivity index (χ3v) is 3.54. The number of anilines is 2. The van der Waals surface area contributed by atoms with Crippen LogP contribution in [0.1, 0.15) is 39.0 Å². The smallest absolute Gasteiger partial charge is 0.168 e. The SMILES string of the molecule is CNc1nc(NC2(C)CCCCC2)c(F)cc1F. The molecule has 100 valence electrons. The molecule has 0 atom stereocenters. The van der Waals surface area contributed by atoms with Crippen LogP contribution in [-0.2, 0) is 0 Å². The molecule has 0 unspecified atom stereocenters. The number of rotatable bonds is 3. The van der Waals surface area contributed by atoms with E-state index in [2.05, 4.69) is 22.5 Å². The van der Waals surface area contributed by atoms with Crippen LogP contribution in [-0.4, -0.2) is 17.6 Å². The van der Waals surface area contributed by atoms with Crippen molar-refractivity contribution >= 4 is 11.6 Å². The number of nitrogens with zero attached hydrogens (tertiary/aromatic N) is 1. The Morgan fingerprint density at radius 2 is 1.72 bits per heavy atom. The van der Waals surface area contributed by atoms with Crippen LogP contribution in [0.2, 0.25) is 0 Å². The molecule has 1 aromatic rings. The highest BCUT2D eigenvalue weighted by atomic mass is 19.1. The molecule has 0 saturated heterocycles. The van der Waals surface area contributed by atoms with Crippen molar-refractivity contribution in [1.82, 2.24) is 4.98 Å². The van der Waals surface area contributed by atoms with Gasteiger partial charge in [-0.2, -0.15) is 0 Å². The van der Waals surface area contributed by atoms with Gasteiger partial charge in [0.05, 0.1) is 0 Å². The minimum absolute atomic E-state index is 0.0679. The van der Waals surface area contributed by atoms with Crippen molar-refractivity contribution in [2.24, 2.45) is 0 Å². The molecule has 0 spiro atoms. The zero-order valence-corrected chi connectivity index (χ0v) is 10.8. The van der Waals surface area contributed by atoms with Crippen LogP contribution in [0.25, 0.3) is 0 Å². The summed E-state index contributed by atoms with van der Waals surface area (Å²) in [5.74, 6) is -1.11. The van der Waals surface area contributed by atoms with Crippen LogP contribution >= 0.6 is 0 Å². The van der Waals surface area contributed by atoms with E-state index in [0.29, 0.717) is 0 Å². The van der Waals surface area contributed by atoms with Crippen LogP contribution in [0.4, 0.5) is 20.4 Å². The monoisotopic (exact) mass is 255 g/mol. The summed E-state index contributed by atoms with van der Waals surface area (Å²) in [6.45, 7) is 2.07. The van der Waals surface area contributed by atoms with Crippen molar-refractivity contribution in [3.8, 4) is 0 Å². The fraction of sp³-hybridized carbons (Fsp3) is 0.615. The van der Waals surface area contributed by atoms with Crippen LogP contribution in [0.15, 0.2) is 6.07 Å². The zero-order chi connectivity index (χ0) is 13.2. The van der Waals surface area contributed by atoms with Crippen LogP contribution in [0.5, 0.6) is 0 Å². The number of halogens is 2. The van der Waals surface area contributed by atoms with E-state index in [1.807, 2.05) is 0 Å². The highest BCUT2D eigenvalue weighted by molar-refractivity contribution is 5.48. The summed E-state index contributed by atoms with van der Waals surface area (Å²) in [5, 5.41) is 5.75. The van der Waals surface area contributed by atoms with Crippen LogP contribution in [0, 0.1) is 11.6 Å². The predicted molar refractivity (Wildman–Crippen MR) is 68.8 cm³/mol. The first-order valence-electron chi connectivity index (χ1n) is 6.36. The number of hydrogen-bond acceptors (Lipinski definition) is 3. The van der Waals surface area contributed by atoms with Gasteiger partial charge in [-0.15, -0.1) is 0 Å². The van der Waals surface area contributed by atoms with E-state index >= 15 is 0 Å². The normalized spacial score (nSPS) is 18.4. The maximum Gasteiger partial charge on any atom is 0.168 e. The second-order valence-electron chi connectivity index (χ2n) is 5.15. The molecule has 0 radical (unpaired) electrons. The van der Waals surface area contributed by atoms with Gasteiger partial charge in [-0.3, -0.25) is 0 Å². The summed E-state index contributed by atoms with van der Waals surface area (Å²) in [7, 11) is 1.56. The van der Waals surface area contributed by atoms with Gasteiger partial charge in [0, 0.05) is 18.7 Å². The van der Waals surface area contributed by atoms with Gasteiger partial charge in [0.25, 0.3) is 0 Å². The fourth-order valence-electron chi connectivity index (χ4n) is 2.47. The minimum atomic E-state index is -0.672. The summed E-state index contributed by atoms with van der Waals surface area (Å²) in [4.78, 5) is 3.96. The van der Waals surface area contributed by atoms with Crippen LogP contribution < -0.4 is 10.6 Å². The lowest BCUT2D eigenvalue weighted by molar-refractivity contribution is 0.347. The highest BCUT2D eigenvalue weighted by Gasteiger charge is 2.28. The third-order valence-electron chi connectivity index (χ3n) is 3.54. The van der Waals surface area contributed by atoms with Crippen molar-refractivity contribution in [3.63, 3.8) is 0 Å². The third kappa shape index (κ3) is 2.71. The summed E-state index contributed by atoms with van der Waals surface area (Å²) in [6.07, 6.45) is 5.45. The molecule has 1 fully saturated rings. The highest BCUT2D eigenvalue weighted by Crippen LogP contribution is 2.32. The molecule has 0 bridgehead atoms. The van der Waals surface area contributed by atoms with Crippen molar-refractivity contribution in [3.05, 3.63) is 17.7 Å². The molecule has 0 aromatic carbocycles. The second kappa shape index (κ2) is 5.08. The van der Waals surface area contributed by atoms with Crippen molar-refractivity contribution in [1.29, 1.82) is 0 Å². The number of hydrogen-bond donors (Lipinski definition) is 2. The number of nitrogens with one attached hydrogen (secondary N) is 2. The molecule has 0 amide bonds. The molecule has 2 rings (SSSR count). The molecule has 1 aromatic heterocycles. The quantitative estimate of drug-likeness (QED) is 0.867. The van der Waals surface area contributed by atoms with Gasteiger partial charge in [0.2, 0.25) is 0 Å². The van der Waals surface area contributed by atoms with E-state index in [1.165, 1.54) is 6.42 Å². The van der Waals surface area contributed by atoms with E-state index < -0.39 is 11.6 Å². The molecule has 1 aliphatic carbocycles. The molecule has 1 heterocycles. The van der Waals surface area contributed by atoms with Gasteiger partial charge >= 0.3 is 0 Å². The zero-order valence-electron chi connectivity index (χ0n) is 10.8. The molecule has 1 aliphatic rings. The maximum absolute atomic E-state index is 13.7. The Bertz CT molecular complexity index is 428. The van der Waals surface area contributed by atoms with Crippen LogP contribution in [0.3, 0.4) is 0 Å². The average Bonchev–Trinajstić information content (AvgIpc) is 2.33. The molecular formula is C13H19F2N3. The van der Waals surface area contributed by atoms with E-state index in [1.54, 1.807) is 7.05 Å². The maximum atomic E-state index is 13.7. The summed E-state index contributed by atoms with van der Waals surface area (Å²) < 4.78 is 27.0. The van der Waals surface area contributed by atoms with E-state index in [0.717, 1.165) is 31.7 Å². The number of pyridine rings is 1. The first-order chi connectivity index (χ1) is 8.54. The minimum Gasteiger partial charge on any atom is -0.371 e. The largest absolute Gasteiger partial charge is 0.371 e. The molecular weight excluding hydrogens is 236 g/mol. The number of aromatic nitrogens is 1. The Labute approximate surface area is 106 Å². The van der Waals surface area contributed by atoms with E-state index in [9.17, 15) is 8.78 Å². The van der Waals surface area contributed by atoms with Crippen molar-refractivity contribution < 1.29 is 8.78 Å². The Morgan fingerprint density at radius 3 is 2.33 bits per heavy atom. The van der Waals surface area contributed by atoms with E-state index in [4.69, 9.17) is 0 Å². The molecule has 18 heavy (non-hydrogen) atoms. The topological polar surface area (TPSA) is 37.0 Å². The van der Waals surface area contributed by atoms with Crippen molar-refractivity contribution in [2.75, 3.05) is 17.7 Å². The molecule has 1 saturated carbocycles. The lowest BCUT2D eigenvalue weighted by atomic mass is 9.83. The first kappa shape index (κ1) is 13.1. The Hall–Kier alpha value is -1.39. The van der Waals surface area contributed by atoms with Gasteiger partial charge in [-0.25, -0.2) is 13.8 Å². The standard InChI is InChI=1S/C13H19F2N3/c1-13(6-4-3-5-7-13)18-12-10(15)8-9(14)11(16-2)17-12/h8H,3-7H2,1-2H3,(H2,16,17,18). The van der Waals surface area contributed by atoms with Crippen molar-refractivity contribution in [2.45, 2.75) is 44.6 Å². The molecule has 5 heteroatoms. The Balaban J connectivity index is 2.22. The summed E-state index contributed by atoms with van der Waals surface area (Å²) in [6, 6.07) is 0.868. The molecule has 3 nitrogen and oxygen atoms in total. The fourth-order valence-corrected chi connectivity index (χ4v) is 2.47. The molecule has 2 N–H and O–H groups in total.